The lowest BCUT2D eigenvalue weighted by Gasteiger charge is -2.09. The maximum absolute atomic E-state index is 12.1. The van der Waals surface area contributed by atoms with Gasteiger partial charge in [0.2, 0.25) is 0 Å². The van der Waals surface area contributed by atoms with Gasteiger partial charge in [-0.1, -0.05) is 11.6 Å². The van der Waals surface area contributed by atoms with E-state index in [0.717, 1.165) is 15.0 Å². The average molecular weight is 369 g/mol. The van der Waals surface area contributed by atoms with E-state index in [0.29, 0.717) is 6.54 Å². The van der Waals surface area contributed by atoms with Crippen molar-refractivity contribution < 1.29 is 13.5 Å². The van der Waals surface area contributed by atoms with Crippen LogP contribution >= 0.6 is 38.9 Å². The Kier molecular flexibility index (Phi) is 5.01. The maximum atomic E-state index is 12.1. The van der Waals surface area contributed by atoms with E-state index in [-0.39, 0.29) is 10.8 Å². The number of alkyl halides is 2. The van der Waals surface area contributed by atoms with Gasteiger partial charge in [0, 0.05) is 27.0 Å². The summed E-state index contributed by atoms with van der Waals surface area (Å²) in [5.74, 6) is -0.0268. The zero-order chi connectivity index (χ0) is 13.8. The van der Waals surface area contributed by atoms with Crippen molar-refractivity contribution in [1.82, 2.24) is 0 Å². The highest BCUT2D eigenvalue weighted by atomic mass is 79.9. The number of rotatable bonds is 5. The van der Waals surface area contributed by atoms with Crippen molar-refractivity contribution in [2.75, 3.05) is 5.32 Å². The van der Waals surface area contributed by atoms with Crippen molar-refractivity contribution in [1.29, 1.82) is 0 Å². The maximum Gasteiger partial charge on any atom is 0.387 e. The molecule has 1 aromatic carbocycles. The molecule has 102 valence electrons. The zero-order valence-electron chi connectivity index (χ0n) is 9.50. The molecule has 0 aliphatic carbocycles. The molecule has 0 amide bonds. The first kappa shape index (κ1) is 14.6. The number of hydrogen-bond donors (Lipinski definition) is 1. The van der Waals surface area contributed by atoms with Gasteiger partial charge >= 0.3 is 6.61 Å². The number of benzene rings is 1. The average Bonchev–Trinajstić information content (AvgIpc) is 2.75. The highest BCUT2D eigenvalue weighted by molar-refractivity contribution is 9.10. The van der Waals surface area contributed by atoms with Crippen molar-refractivity contribution >= 4 is 44.6 Å². The van der Waals surface area contributed by atoms with E-state index in [2.05, 4.69) is 26.0 Å². The lowest BCUT2D eigenvalue weighted by Crippen LogP contribution is -2.03. The summed E-state index contributed by atoms with van der Waals surface area (Å²) in [4.78, 5) is 1.15. The van der Waals surface area contributed by atoms with Gasteiger partial charge in [0.1, 0.15) is 5.75 Å². The Bertz CT molecular complexity index is 564. The van der Waals surface area contributed by atoms with E-state index < -0.39 is 6.61 Å². The minimum absolute atomic E-state index is 0.0268. The summed E-state index contributed by atoms with van der Waals surface area (Å²) >= 11 is 10.9. The molecule has 2 rings (SSSR count). The molecule has 19 heavy (non-hydrogen) atoms. The zero-order valence-corrected chi connectivity index (χ0v) is 12.7. The molecule has 0 saturated carbocycles. The number of thiophene rings is 1. The van der Waals surface area contributed by atoms with Crippen LogP contribution in [0, 0.1) is 0 Å². The van der Waals surface area contributed by atoms with Crippen molar-refractivity contribution in [2.45, 2.75) is 13.2 Å². The lowest BCUT2D eigenvalue weighted by molar-refractivity contribution is -0.0497. The Morgan fingerprint density at radius 1 is 1.37 bits per heavy atom. The third-order valence-electron chi connectivity index (χ3n) is 2.24. The van der Waals surface area contributed by atoms with Crippen molar-refractivity contribution in [3.8, 4) is 5.75 Å². The van der Waals surface area contributed by atoms with Crippen LogP contribution in [0.4, 0.5) is 14.5 Å². The van der Waals surface area contributed by atoms with Crippen molar-refractivity contribution in [2.24, 2.45) is 0 Å². The SMILES string of the molecule is FC(F)Oc1ccc(NCc2cc(Br)cs2)cc1Cl. The van der Waals surface area contributed by atoms with E-state index >= 15 is 0 Å². The van der Waals surface area contributed by atoms with Crippen LogP contribution in [-0.4, -0.2) is 6.61 Å². The first-order valence-corrected chi connectivity index (χ1v) is 7.31. The van der Waals surface area contributed by atoms with Gasteiger partial charge in [-0.15, -0.1) is 11.3 Å². The van der Waals surface area contributed by atoms with Crippen molar-refractivity contribution in [3.05, 3.63) is 44.0 Å². The highest BCUT2D eigenvalue weighted by Crippen LogP contribution is 2.29. The largest absolute Gasteiger partial charge is 0.433 e. The van der Waals surface area contributed by atoms with Crippen LogP contribution in [0.1, 0.15) is 4.88 Å². The number of hydrogen-bond acceptors (Lipinski definition) is 3. The molecule has 0 aliphatic rings. The van der Waals surface area contributed by atoms with Crippen LogP contribution in [-0.2, 0) is 6.54 Å². The van der Waals surface area contributed by atoms with Gasteiger partial charge in [-0.05, 0) is 40.2 Å². The number of nitrogens with one attached hydrogen (secondary N) is 1. The third-order valence-corrected chi connectivity index (χ3v) is 4.23. The second kappa shape index (κ2) is 6.54. The molecule has 0 atom stereocenters. The first-order chi connectivity index (χ1) is 9.04. The number of halogens is 4. The summed E-state index contributed by atoms with van der Waals surface area (Å²) in [7, 11) is 0. The standard InChI is InChI=1S/C12H9BrClF2NOS/c13-7-3-9(19-6-7)5-17-8-1-2-11(10(14)4-8)18-12(15)16/h1-4,6,12,17H,5H2. The summed E-state index contributed by atoms with van der Waals surface area (Å²) in [6.07, 6.45) is 0. The monoisotopic (exact) mass is 367 g/mol. The van der Waals surface area contributed by atoms with E-state index in [1.54, 1.807) is 23.5 Å². The molecule has 0 fully saturated rings. The molecule has 1 N–H and O–H groups in total. The number of ether oxygens (including phenoxy) is 1. The van der Waals surface area contributed by atoms with Gasteiger partial charge < -0.3 is 10.1 Å². The summed E-state index contributed by atoms with van der Waals surface area (Å²) in [6.45, 7) is -2.23. The predicted octanol–water partition coefficient (Wildman–Crippen LogP) is 5.38. The molecule has 1 aromatic heterocycles. The van der Waals surface area contributed by atoms with Crippen LogP contribution in [0.15, 0.2) is 34.1 Å². The minimum Gasteiger partial charge on any atom is -0.433 e. The van der Waals surface area contributed by atoms with Gasteiger partial charge in [-0.2, -0.15) is 8.78 Å². The molecule has 0 radical (unpaired) electrons. The molecule has 0 aliphatic heterocycles. The molecule has 7 heteroatoms. The highest BCUT2D eigenvalue weighted by Gasteiger charge is 2.09. The Labute approximate surface area is 126 Å². The number of anilines is 1. The van der Waals surface area contributed by atoms with Gasteiger partial charge in [-0.25, -0.2) is 0 Å². The van der Waals surface area contributed by atoms with Gasteiger partial charge in [0.05, 0.1) is 5.02 Å². The van der Waals surface area contributed by atoms with Crippen LogP contribution in [0.3, 0.4) is 0 Å². The van der Waals surface area contributed by atoms with E-state index in [9.17, 15) is 8.78 Å². The summed E-state index contributed by atoms with van der Waals surface area (Å²) in [5, 5.41) is 5.30. The topological polar surface area (TPSA) is 21.3 Å². The molecule has 0 unspecified atom stereocenters. The van der Waals surface area contributed by atoms with E-state index in [4.69, 9.17) is 11.6 Å². The first-order valence-electron chi connectivity index (χ1n) is 5.26. The summed E-state index contributed by atoms with van der Waals surface area (Å²) in [6, 6.07) is 6.63. The Morgan fingerprint density at radius 2 is 2.16 bits per heavy atom. The quantitative estimate of drug-likeness (QED) is 0.765. The molecule has 0 bridgehead atoms. The second-order valence-corrected chi connectivity index (χ2v) is 5.93. The lowest BCUT2D eigenvalue weighted by atomic mass is 10.3. The Balaban J connectivity index is 1.99. The molecule has 1 heterocycles. The fourth-order valence-corrected chi connectivity index (χ4v) is 3.05. The molecular weight excluding hydrogens is 360 g/mol. The van der Waals surface area contributed by atoms with E-state index in [1.165, 1.54) is 6.07 Å². The molecule has 0 spiro atoms. The van der Waals surface area contributed by atoms with Gasteiger partial charge in [0.15, 0.2) is 0 Å². The van der Waals surface area contributed by atoms with E-state index in [1.807, 2.05) is 11.4 Å². The molecule has 2 aromatic rings. The summed E-state index contributed by atoms with van der Waals surface area (Å²) < 4.78 is 29.5. The van der Waals surface area contributed by atoms with Crippen molar-refractivity contribution in [3.63, 3.8) is 0 Å². The minimum atomic E-state index is -2.88. The second-order valence-electron chi connectivity index (χ2n) is 3.61. The van der Waals surface area contributed by atoms with Gasteiger partial charge in [-0.3, -0.25) is 0 Å². The van der Waals surface area contributed by atoms with Crippen LogP contribution < -0.4 is 10.1 Å². The van der Waals surface area contributed by atoms with Crippen LogP contribution in [0.25, 0.3) is 0 Å². The molecular formula is C12H9BrClF2NOS. The van der Waals surface area contributed by atoms with Crippen LogP contribution in [0.5, 0.6) is 5.75 Å². The van der Waals surface area contributed by atoms with Crippen LogP contribution in [0.2, 0.25) is 5.02 Å². The predicted molar refractivity (Wildman–Crippen MR) is 77.4 cm³/mol. The molecule has 0 saturated heterocycles. The fraction of sp³-hybridized carbons (Fsp3) is 0.167. The smallest absolute Gasteiger partial charge is 0.387 e. The molecule has 2 nitrogen and oxygen atoms in total. The fourth-order valence-electron chi connectivity index (χ4n) is 1.44. The third kappa shape index (κ3) is 4.33. The Morgan fingerprint density at radius 3 is 2.74 bits per heavy atom. The Hall–Kier alpha value is -0.850. The summed E-state index contributed by atoms with van der Waals surface area (Å²) in [5.41, 5.74) is 0.746. The normalized spacial score (nSPS) is 10.8. The van der Waals surface area contributed by atoms with Gasteiger partial charge in [0.25, 0.3) is 0 Å².